The minimum Gasteiger partial charge on any atom is -0.493 e. The molecule has 90 valence electrons. The van der Waals surface area contributed by atoms with Crippen molar-refractivity contribution in [2.75, 3.05) is 6.61 Å². The van der Waals surface area contributed by atoms with Crippen molar-refractivity contribution in [3.05, 3.63) is 30.5 Å². The topological polar surface area (TPSA) is 59.2 Å². The predicted molar refractivity (Wildman–Crippen MR) is 63.6 cm³/mol. The Bertz CT molecular complexity index is 496. The molecule has 0 aliphatic rings. The van der Waals surface area contributed by atoms with Crippen LogP contribution in [0.25, 0.3) is 10.9 Å². The largest absolute Gasteiger partial charge is 0.493 e. The van der Waals surface area contributed by atoms with Crippen molar-refractivity contribution in [2.45, 2.75) is 13.8 Å². The number of H-pyrrole nitrogens is 1. The minimum atomic E-state index is 0.250. The predicted octanol–water partition coefficient (Wildman–Crippen LogP) is 2.62. The molecule has 0 saturated heterocycles. The molecule has 0 aliphatic carbocycles. The fraction of sp³-hybridized carbons (Fsp3) is 0.308. The van der Waals surface area contributed by atoms with Gasteiger partial charge in [-0.05, 0) is 30.2 Å². The number of ether oxygens (including phenoxy) is 1. The van der Waals surface area contributed by atoms with E-state index in [2.05, 4.69) is 31.0 Å². The molecule has 0 amide bonds. The Kier molecular flexibility index (Phi) is 4.98. The van der Waals surface area contributed by atoms with E-state index < -0.39 is 0 Å². The molecular weight excluding hydrogens is 218 g/mol. The lowest BCUT2D eigenvalue weighted by Crippen LogP contribution is -2.04. The van der Waals surface area contributed by atoms with E-state index in [0.29, 0.717) is 5.92 Å². The third-order valence-corrected chi connectivity index (χ3v) is 2.11. The van der Waals surface area contributed by atoms with Gasteiger partial charge in [-0.2, -0.15) is 9.59 Å². The molecule has 4 nitrogen and oxygen atoms in total. The number of hydrogen-bond donors (Lipinski definition) is 1. The average molecular weight is 233 g/mol. The molecule has 2 rings (SSSR count). The maximum Gasteiger partial charge on any atom is 0.373 e. The van der Waals surface area contributed by atoms with Gasteiger partial charge in [-0.15, -0.1) is 0 Å². The SMILES string of the molecule is CC(C)COc1ccc2[nH]ccc2c1.O=C=O. The third-order valence-electron chi connectivity index (χ3n) is 2.11. The van der Waals surface area contributed by atoms with Gasteiger partial charge in [-0.1, -0.05) is 13.8 Å². The van der Waals surface area contributed by atoms with Gasteiger partial charge in [0.15, 0.2) is 0 Å². The molecule has 0 saturated carbocycles. The highest BCUT2D eigenvalue weighted by molar-refractivity contribution is 5.80. The molecule has 1 N–H and O–H groups in total. The summed E-state index contributed by atoms with van der Waals surface area (Å²) in [6.07, 6.45) is 2.19. The molecule has 0 unspecified atom stereocenters. The summed E-state index contributed by atoms with van der Waals surface area (Å²) < 4.78 is 5.63. The van der Waals surface area contributed by atoms with E-state index in [1.807, 2.05) is 18.3 Å². The van der Waals surface area contributed by atoms with Gasteiger partial charge >= 0.3 is 6.15 Å². The van der Waals surface area contributed by atoms with Gasteiger partial charge in [0.25, 0.3) is 0 Å². The molecule has 1 heterocycles. The van der Waals surface area contributed by atoms with E-state index in [4.69, 9.17) is 14.3 Å². The van der Waals surface area contributed by atoms with Crippen LogP contribution in [-0.4, -0.2) is 17.7 Å². The number of fused-ring (bicyclic) bond motifs is 1. The number of rotatable bonds is 3. The van der Waals surface area contributed by atoms with Crippen LogP contribution in [0.2, 0.25) is 0 Å². The second-order valence-corrected chi connectivity index (χ2v) is 4.01. The van der Waals surface area contributed by atoms with Gasteiger partial charge in [-0.25, -0.2) is 0 Å². The van der Waals surface area contributed by atoms with Crippen LogP contribution in [-0.2, 0) is 9.59 Å². The highest BCUT2D eigenvalue weighted by Gasteiger charge is 1.99. The van der Waals surface area contributed by atoms with Gasteiger partial charge in [0.2, 0.25) is 0 Å². The van der Waals surface area contributed by atoms with Crippen LogP contribution >= 0.6 is 0 Å². The van der Waals surface area contributed by atoms with E-state index in [0.717, 1.165) is 17.9 Å². The lowest BCUT2D eigenvalue weighted by Gasteiger charge is -2.08. The first-order valence-electron chi connectivity index (χ1n) is 5.36. The molecule has 0 fully saturated rings. The molecule has 0 bridgehead atoms. The second kappa shape index (κ2) is 6.51. The zero-order valence-electron chi connectivity index (χ0n) is 9.90. The zero-order valence-corrected chi connectivity index (χ0v) is 9.90. The lowest BCUT2D eigenvalue weighted by atomic mass is 10.2. The molecule has 0 aliphatic heterocycles. The number of aromatic nitrogens is 1. The fourth-order valence-corrected chi connectivity index (χ4v) is 1.38. The Morgan fingerprint density at radius 2 is 2.00 bits per heavy atom. The van der Waals surface area contributed by atoms with Crippen molar-refractivity contribution < 1.29 is 14.3 Å². The summed E-state index contributed by atoms with van der Waals surface area (Å²) >= 11 is 0. The van der Waals surface area contributed by atoms with Gasteiger partial charge in [-0.3, -0.25) is 0 Å². The Labute approximate surface area is 99.6 Å². The van der Waals surface area contributed by atoms with Crippen molar-refractivity contribution in [1.29, 1.82) is 0 Å². The first-order chi connectivity index (χ1) is 8.17. The highest BCUT2D eigenvalue weighted by atomic mass is 16.5. The number of aromatic amines is 1. The molecule has 1 aromatic heterocycles. The van der Waals surface area contributed by atoms with Gasteiger partial charge < -0.3 is 9.72 Å². The van der Waals surface area contributed by atoms with Crippen LogP contribution in [0.3, 0.4) is 0 Å². The standard InChI is InChI=1S/C12H15NO.CO2/c1-9(2)8-14-11-3-4-12-10(7-11)5-6-13-12;2-1-3/h3-7,9,13H,8H2,1-2H3;. The Morgan fingerprint density at radius 3 is 2.65 bits per heavy atom. The lowest BCUT2D eigenvalue weighted by molar-refractivity contribution is -0.191. The van der Waals surface area contributed by atoms with Gasteiger partial charge in [0, 0.05) is 17.1 Å². The Morgan fingerprint density at radius 1 is 1.29 bits per heavy atom. The molecule has 4 heteroatoms. The van der Waals surface area contributed by atoms with Crippen LogP contribution in [0.15, 0.2) is 30.5 Å². The fourth-order valence-electron chi connectivity index (χ4n) is 1.38. The van der Waals surface area contributed by atoms with Crippen molar-refractivity contribution >= 4 is 17.1 Å². The number of benzene rings is 1. The molecule has 0 spiro atoms. The number of carbonyl (C=O) groups excluding carboxylic acids is 2. The molecular formula is C13H15NO3. The van der Waals surface area contributed by atoms with E-state index >= 15 is 0 Å². The second-order valence-electron chi connectivity index (χ2n) is 4.01. The van der Waals surface area contributed by atoms with E-state index in [1.54, 1.807) is 0 Å². The van der Waals surface area contributed by atoms with Crippen LogP contribution in [0.5, 0.6) is 5.75 Å². The Balaban J connectivity index is 0.000000437. The van der Waals surface area contributed by atoms with Crippen molar-refractivity contribution in [3.8, 4) is 5.75 Å². The quantitative estimate of drug-likeness (QED) is 0.886. The van der Waals surface area contributed by atoms with Crippen LogP contribution < -0.4 is 4.74 Å². The summed E-state index contributed by atoms with van der Waals surface area (Å²) in [5.41, 5.74) is 1.15. The normalized spacial score (nSPS) is 9.59. The average Bonchev–Trinajstić information content (AvgIpc) is 2.74. The highest BCUT2D eigenvalue weighted by Crippen LogP contribution is 2.19. The summed E-state index contributed by atoms with van der Waals surface area (Å²) in [6.45, 7) is 5.07. The summed E-state index contributed by atoms with van der Waals surface area (Å²) in [7, 11) is 0. The molecule has 0 atom stereocenters. The zero-order chi connectivity index (χ0) is 12.7. The van der Waals surface area contributed by atoms with Crippen molar-refractivity contribution in [2.24, 2.45) is 5.92 Å². The maximum absolute atomic E-state index is 8.12. The minimum absolute atomic E-state index is 0.250. The molecule has 17 heavy (non-hydrogen) atoms. The van der Waals surface area contributed by atoms with Crippen LogP contribution in [0, 0.1) is 5.92 Å². The maximum atomic E-state index is 8.12. The molecule has 2 aromatic rings. The summed E-state index contributed by atoms with van der Waals surface area (Å²) in [6, 6.07) is 8.16. The number of hydrogen-bond acceptors (Lipinski definition) is 3. The van der Waals surface area contributed by atoms with E-state index in [9.17, 15) is 0 Å². The van der Waals surface area contributed by atoms with Gasteiger partial charge in [0.05, 0.1) is 6.61 Å². The summed E-state index contributed by atoms with van der Waals surface area (Å²) in [5.74, 6) is 1.52. The van der Waals surface area contributed by atoms with Crippen molar-refractivity contribution in [1.82, 2.24) is 4.98 Å². The molecule has 0 radical (unpaired) electrons. The molecule has 1 aromatic carbocycles. The van der Waals surface area contributed by atoms with Crippen LogP contribution in [0.4, 0.5) is 0 Å². The monoisotopic (exact) mass is 233 g/mol. The summed E-state index contributed by atoms with van der Waals surface area (Å²) in [5, 5.41) is 1.20. The first-order valence-corrected chi connectivity index (χ1v) is 5.36. The first kappa shape index (κ1) is 13.0. The third kappa shape index (κ3) is 4.13. The van der Waals surface area contributed by atoms with Crippen molar-refractivity contribution in [3.63, 3.8) is 0 Å². The Hall–Kier alpha value is -2.06. The summed E-state index contributed by atoms with van der Waals surface area (Å²) in [4.78, 5) is 19.4. The van der Waals surface area contributed by atoms with E-state index in [-0.39, 0.29) is 6.15 Å². The van der Waals surface area contributed by atoms with Crippen LogP contribution in [0.1, 0.15) is 13.8 Å². The van der Waals surface area contributed by atoms with Gasteiger partial charge in [0.1, 0.15) is 5.75 Å². The smallest absolute Gasteiger partial charge is 0.373 e. The number of nitrogens with one attached hydrogen (secondary N) is 1. The van der Waals surface area contributed by atoms with E-state index in [1.165, 1.54) is 5.39 Å².